The number of fused-ring (bicyclic) bond motifs is 1. The normalized spacial score (nSPS) is 10.3. The topological polar surface area (TPSA) is 57.7 Å². The number of carbonyl (C=O) groups excluding carboxylic acids is 1. The zero-order valence-electron chi connectivity index (χ0n) is 11.8. The van der Waals surface area contributed by atoms with Crippen LogP contribution >= 0.6 is 0 Å². The van der Waals surface area contributed by atoms with E-state index in [1.807, 2.05) is 18.2 Å². The maximum atomic E-state index is 11.3. The van der Waals surface area contributed by atoms with Crippen molar-refractivity contribution < 1.29 is 19.0 Å². The first-order valence-electron chi connectivity index (χ1n) is 6.26. The Balaban J connectivity index is 2.42. The minimum atomic E-state index is -0.246. The monoisotopic (exact) mass is 275 g/mol. The van der Waals surface area contributed by atoms with Gasteiger partial charge in [0.05, 0.1) is 27.8 Å². The SMILES string of the molecule is COC(=O)CCc1nccc2cc(OC)c(OC)cc12. The molecule has 0 fully saturated rings. The Morgan fingerprint density at radius 1 is 1.15 bits per heavy atom. The minimum absolute atomic E-state index is 0.246. The maximum Gasteiger partial charge on any atom is 0.305 e. The van der Waals surface area contributed by atoms with E-state index in [1.165, 1.54) is 7.11 Å². The highest BCUT2D eigenvalue weighted by Crippen LogP contribution is 2.33. The third kappa shape index (κ3) is 2.82. The second-order valence-corrected chi connectivity index (χ2v) is 4.26. The molecule has 5 heteroatoms. The number of aryl methyl sites for hydroxylation is 1. The molecule has 0 aliphatic carbocycles. The summed E-state index contributed by atoms with van der Waals surface area (Å²) >= 11 is 0. The van der Waals surface area contributed by atoms with Gasteiger partial charge in [-0.1, -0.05) is 0 Å². The van der Waals surface area contributed by atoms with Crippen LogP contribution in [0.1, 0.15) is 12.1 Å². The van der Waals surface area contributed by atoms with Crippen LogP contribution in [-0.2, 0) is 16.0 Å². The summed E-state index contributed by atoms with van der Waals surface area (Å²) in [5.74, 6) is 1.07. The number of aromatic nitrogens is 1. The van der Waals surface area contributed by atoms with Crippen LogP contribution in [0, 0.1) is 0 Å². The van der Waals surface area contributed by atoms with E-state index in [9.17, 15) is 4.79 Å². The van der Waals surface area contributed by atoms with Crippen LogP contribution in [0.25, 0.3) is 10.8 Å². The molecule has 1 aromatic carbocycles. The molecule has 0 bridgehead atoms. The van der Waals surface area contributed by atoms with Crippen LogP contribution in [0.4, 0.5) is 0 Å². The van der Waals surface area contributed by atoms with Gasteiger partial charge in [0.25, 0.3) is 0 Å². The molecule has 5 nitrogen and oxygen atoms in total. The second-order valence-electron chi connectivity index (χ2n) is 4.26. The summed E-state index contributed by atoms with van der Waals surface area (Å²) in [6, 6.07) is 5.68. The van der Waals surface area contributed by atoms with Gasteiger partial charge in [-0.25, -0.2) is 0 Å². The van der Waals surface area contributed by atoms with Crippen LogP contribution in [0.3, 0.4) is 0 Å². The Morgan fingerprint density at radius 3 is 2.50 bits per heavy atom. The lowest BCUT2D eigenvalue weighted by Gasteiger charge is -2.11. The second kappa shape index (κ2) is 6.23. The van der Waals surface area contributed by atoms with Crippen LogP contribution < -0.4 is 9.47 Å². The number of esters is 1. The summed E-state index contributed by atoms with van der Waals surface area (Å²) < 4.78 is 15.2. The average Bonchev–Trinajstić information content (AvgIpc) is 2.50. The molecule has 20 heavy (non-hydrogen) atoms. The summed E-state index contributed by atoms with van der Waals surface area (Å²) in [6.45, 7) is 0. The van der Waals surface area contributed by atoms with Crippen molar-refractivity contribution in [3.63, 3.8) is 0 Å². The van der Waals surface area contributed by atoms with Crippen molar-refractivity contribution in [3.05, 3.63) is 30.1 Å². The summed E-state index contributed by atoms with van der Waals surface area (Å²) in [4.78, 5) is 15.6. The standard InChI is InChI=1S/C15H17NO4/c1-18-13-8-10-6-7-16-12(4-5-15(17)20-3)11(10)9-14(13)19-2/h6-9H,4-5H2,1-3H3. The van der Waals surface area contributed by atoms with Crippen molar-refractivity contribution in [1.29, 1.82) is 0 Å². The molecule has 2 aromatic rings. The molecular formula is C15H17NO4. The minimum Gasteiger partial charge on any atom is -0.493 e. The largest absolute Gasteiger partial charge is 0.493 e. The molecule has 1 heterocycles. The number of nitrogens with zero attached hydrogens (tertiary/aromatic N) is 1. The Bertz CT molecular complexity index is 625. The number of methoxy groups -OCH3 is 3. The van der Waals surface area contributed by atoms with Crippen LogP contribution in [0.5, 0.6) is 11.5 Å². The van der Waals surface area contributed by atoms with E-state index in [2.05, 4.69) is 9.72 Å². The van der Waals surface area contributed by atoms with E-state index in [-0.39, 0.29) is 5.97 Å². The first-order chi connectivity index (χ1) is 9.69. The maximum absolute atomic E-state index is 11.3. The van der Waals surface area contributed by atoms with E-state index < -0.39 is 0 Å². The predicted molar refractivity (Wildman–Crippen MR) is 75.2 cm³/mol. The molecule has 0 N–H and O–H groups in total. The molecule has 2 rings (SSSR count). The number of hydrogen-bond acceptors (Lipinski definition) is 5. The van der Waals surface area contributed by atoms with Gasteiger partial charge in [-0.15, -0.1) is 0 Å². The average molecular weight is 275 g/mol. The summed E-state index contributed by atoms with van der Waals surface area (Å²) in [5.41, 5.74) is 0.842. The number of ether oxygens (including phenoxy) is 3. The lowest BCUT2D eigenvalue weighted by atomic mass is 10.1. The highest BCUT2D eigenvalue weighted by atomic mass is 16.5. The van der Waals surface area contributed by atoms with Gasteiger partial charge in [0.15, 0.2) is 11.5 Å². The number of pyridine rings is 1. The molecule has 0 radical (unpaired) electrons. The summed E-state index contributed by atoms with van der Waals surface area (Å²) in [6.07, 6.45) is 2.55. The van der Waals surface area contributed by atoms with Gasteiger partial charge in [-0.2, -0.15) is 0 Å². The number of rotatable bonds is 5. The lowest BCUT2D eigenvalue weighted by molar-refractivity contribution is -0.140. The van der Waals surface area contributed by atoms with Gasteiger partial charge in [-0.05, 0) is 23.6 Å². The van der Waals surface area contributed by atoms with Crippen molar-refractivity contribution in [2.75, 3.05) is 21.3 Å². The molecule has 0 saturated heterocycles. The molecule has 0 aliphatic heterocycles. The van der Waals surface area contributed by atoms with E-state index in [0.29, 0.717) is 24.3 Å². The van der Waals surface area contributed by atoms with Crippen LogP contribution in [0.2, 0.25) is 0 Å². The lowest BCUT2D eigenvalue weighted by Crippen LogP contribution is -2.03. The zero-order chi connectivity index (χ0) is 14.5. The molecule has 106 valence electrons. The highest BCUT2D eigenvalue weighted by Gasteiger charge is 2.11. The fourth-order valence-corrected chi connectivity index (χ4v) is 2.08. The van der Waals surface area contributed by atoms with Crippen molar-refractivity contribution in [1.82, 2.24) is 4.98 Å². The highest BCUT2D eigenvalue weighted by molar-refractivity contribution is 5.88. The van der Waals surface area contributed by atoms with Crippen LogP contribution in [0.15, 0.2) is 24.4 Å². The Labute approximate surface area is 117 Å². The fourth-order valence-electron chi connectivity index (χ4n) is 2.08. The summed E-state index contributed by atoms with van der Waals surface area (Å²) in [7, 11) is 4.57. The summed E-state index contributed by atoms with van der Waals surface area (Å²) in [5, 5.41) is 1.95. The van der Waals surface area contributed by atoms with Crippen molar-refractivity contribution in [3.8, 4) is 11.5 Å². The quantitative estimate of drug-likeness (QED) is 0.784. The first kappa shape index (κ1) is 14.1. The molecule has 0 saturated carbocycles. The van der Waals surface area contributed by atoms with E-state index >= 15 is 0 Å². The van der Waals surface area contributed by atoms with Crippen molar-refractivity contribution >= 4 is 16.7 Å². The zero-order valence-corrected chi connectivity index (χ0v) is 11.8. The molecule has 0 spiro atoms. The van der Waals surface area contributed by atoms with Crippen molar-refractivity contribution in [2.45, 2.75) is 12.8 Å². The van der Waals surface area contributed by atoms with Crippen molar-refractivity contribution in [2.24, 2.45) is 0 Å². The Morgan fingerprint density at radius 2 is 1.85 bits per heavy atom. The van der Waals surface area contributed by atoms with Gasteiger partial charge in [-0.3, -0.25) is 9.78 Å². The van der Waals surface area contributed by atoms with E-state index in [4.69, 9.17) is 9.47 Å². The molecule has 1 aromatic heterocycles. The fraction of sp³-hybridized carbons (Fsp3) is 0.333. The molecule has 0 atom stereocenters. The molecule has 0 amide bonds. The van der Waals surface area contributed by atoms with E-state index in [0.717, 1.165) is 16.5 Å². The van der Waals surface area contributed by atoms with Gasteiger partial charge in [0.1, 0.15) is 0 Å². The molecular weight excluding hydrogens is 258 g/mol. The van der Waals surface area contributed by atoms with E-state index in [1.54, 1.807) is 20.4 Å². The van der Waals surface area contributed by atoms with Gasteiger partial charge < -0.3 is 14.2 Å². The number of carbonyl (C=O) groups is 1. The number of benzene rings is 1. The predicted octanol–water partition coefficient (Wildman–Crippen LogP) is 2.36. The Hall–Kier alpha value is -2.30. The Kier molecular flexibility index (Phi) is 4.40. The number of hydrogen-bond donors (Lipinski definition) is 0. The van der Waals surface area contributed by atoms with Gasteiger partial charge in [0.2, 0.25) is 0 Å². The van der Waals surface area contributed by atoms with Crippen LogP contribution in [-0.4, -0.2) is 32.3 Å². The third-order valence-electron chi connectivity index (χ3n) is 3.14. The smallest absolute Gasteiger partial charge is 0.305 e. The third-order valence-corrected chi connectivity index (χ3v) is 3.14. The van der Waals surface area contributed by atoms with Gasteiger partial charge in [0, 0.05) is 23.7 Å². The molecule has 0 aliphatic rings. The van der Waals surface area contributed by atoms with Gasteiger partial charge >= 0.3 is 5.97 Å². The first-order valence-corrected chi connectivity index (χ1v) is 6.26. The molecule has 0 unspecified atom stereocenters.